The molecule has 0 aliphatic carbocycles. The highest BCUT2D eigenvalue weighted by atomic mass is 16.5. The van der Waals surface area contributed by atoms with Crippen LogP contribution in [0.25, 0.3) is 0 Å². The van der Waals surface area contributed by atoms with Crippen molar-refractivity contribution in [3.05, 3.63) is 77.9 Å². The maximum absolute atomic E-state index is 5.44. The molecule has 0 spiro atoms. The van der Waals surface area contributed by atoms with Gasteiger partial charge in [0.1, 0.15) is 0 Å². The van der Waals surface area contributed by atoms with E-state index in [1.165, 1.54) is 0 Å². The molecule has 2 aromatic carbocycles. The first kappa shape index (κ1) is 9.94. The van der Waals surface area contributed by atoms with Gasteiger partial charge < -0.3 is 4.74 Å². The lowest BCUT2D eigenvalue weighted by molar-refractivity contribution is 0.248. The van der Waals surface area contributed by atoms with Gasteiger partial charge in [0.15, 0.2) is 6.10 Å². The largest absolute Gasteiger partial charge is 0.365 e. The van der Waals surface area contributed by atoms with Crippen LogP contribution in [0.2, 0.25) is 0 Å². The summed E-state index contributed by atoms with van der Waals surface area (Å²) in [7, 11) is 1.70. The van der Waals surface area contributed by atoms with E-state index in [1.807, 2.05) is 60.7 Å². The summed E-state index contributed by atoms with van der Waals surface area (Å²) >= 11 is 0. The highest BCUT2D eigenvalue weighted by Crippen LogP contribution is 2.23. The first-order valence-electron chi connectivity index (χ1n) is 4.93. The monoisotopic (exact) mass is 197 g/mol. The van der Waals surface area contributed by atoms with Crippen LogP contribution in [0.1, 0.15) is 11.1 Å². The molecule has 0 aliphatic heterocycles. The number of rotatable bonds is 3. The SMILES string of the molecule is CO[C](c1ccccc1)c1ccccc1. The van der Waals surface area contributed by atoms with Crippen molar-refractivity contribution < 1.29 is 4.74 Å². The summed E-state index contributed by atoms with van der Waals surface area (Å²) in [6.45, 7) is 0. The normalized spacial score (nSPS) is 10.5. The summed E-state index contributed by atoms with van der Waals surface area (Å²) in [5, 5.41) is 0. The third kappa shape index (κ3) is 2.25. The minimum atomic E-state index is 0.913. The third-order valence-corrected chi connectivity index (χ3v) is 2.28. The molecule has 0 fully saturated rings. The summed E-state index contributed by atoms with van der Waals surface area (Å²) in [5.41, 5.74) is 2.21. The van der Waals surface area contributed by atoms with Crippen LogP contribution in [0.3, 0.4) is 0 Å². The van der Waals surface area contributed by atoms with Gasteiger partial charge in [0, 0.05) is 7.11 Å². The molecule has 1 radical (unpaired) electrons. The predicted octanol–water partition coefficient (Wildman–Crippen LogP) is 3.26. The summed E-state index contributed by atoms with van der Waals surface area (Å²) in [6, 6.07) is 20.2. The van der Waals surface area contributed by atoms with Crippen molar-refractivity contribution in [2.45, 2.75) is 0 Å². The number of benzene rings is 2. The molecule has 0 amide bonds. The smallest absolute Gasteiger partial charge is 0.155 e. The van der Waals surface area contributed by atoms with Crippen LogP contribution in [0.15, 0.2) is 60.7 Å². The summed E-state index contributed by atoms with van der Waals surface area (Å²) < 4.78 is 5.44. The van der Waals surface area contributed by atoms with Crippen LogP contribution in [0, 0.1) is 6.10 Å². The zero-order chi connectivity index (χ0) is 10.5. The Hall–Kier alpha value is -1.60. The molecule has 0 bridgehead atoms. The van der Waals surface area contributed by atoms with E-state index in [0.717, 1.165) is 17.2 Å². The minimum absolute atomic E-state index is 0.913. The van der Waals surface area contributed by atoms with Gasteiger partial charge in [-0.1, -0.05) is 60.7 Å². The Morgan fingerprint density at radius 2 is 1.13 bits per heavy atom. The van der Waals surface area contributed by atoms with E-state index in [-0.39, 0.29) is 0 Å². The van der Waals surface area contributed by atoms with Crippen molar-refractivity contribution >= 4 is 0 Å². The number of ether oxygens (including phenoxy) is 1. The van der Waals surface area contributed by atoms with E-state index in [4.69, 9.17) is 4.74 Å². The molecule has 1 nitrogen and oxygen atoms in total. The molecule has 0 aromatic heterocycles. The molecule has 0 atom stereocenters. The Balaban J connectivity index is 2.34. The van der Waals surface area contributed by atoms with Crippen LogP contribution in [-0.2, 0) is 4.74 Å². The quantitative estimate of drug-likeness (QED) is 0.733. The van der Waals surface area contributed by atoms with E-state index in [9.17, 15) is 0 Å². The van der Waals surface area contributed by atoms with Gasteiger partial charge in [0.2, 0.25) is 0 Å². The second-order valence-electron chi connectivity index (χ2n) is 3.27. The molecule has 2 rings (SSSR count). The van der Waals surface area contributed by atoms with Crippen molar-refractivity contribution in [3.8, 4) is 0 Å². The summed E-state index contributed by atoms with van der Waals surface area (Å²) in [4.78, 5) is 0. The number of methoxy groups -OCH3 is 1. The molecule has 0 saturated heterocycles. The van der Waals surface area contributed by atoms with Crippen LogP contribution in [0.5, 0.6) is 0 Å². The molecule has 0 heterocycles. The fourth-order valence-corrected chi connectivity index (χ4v) is 1.58. The fraction of sp³-hybridized carbons (Fsp3) is 0.0714. The van der Waals surface area contributed by atoms with Crippen molar-refractivity contribution in [1.29, 1.82) is 0 Å². The molecule has 1 heteroatoms. The van der Waals surface area contributed by atoms with Gasteiger partial charge in [0.05, 0.1) is 0 Å². The van der Waals surface area contributed by atoms with Gasteiger partial charge in [-0.15, -0.1) is 0 Å². The average Bonchev–Trinajstić information content (AvgIpc) is 2.33. The Kier molecular flexibility index (Phi) is 3.15. The summed E-state index contributed by atoms with van der Waals surface area (Å²) in [6.07, 6.45) is 0.913. The molecule has 75 valence electrons. The highest BCUT2D eigenvalue weighted by molar-refractivity contribution is 5.41. The van der Waals surface area contributed by atoms with Gasteiger partial charge in [-0.05, 0) is 11.1 Å². The van der Waals surface area contributed by atoms with Crippen LogP contribution in [-0.4, -0.2) is 7.11 Å². The molecule has 0 unspecified atom stereocenters. The lowest BCUT2D eigenvalue weighted by Gasteiger charge is -2.14. The van der Waals surface area contributed by atoms with Gasteiger partial charge in [-0.3, -0.25) is 0 Å². The van der Waals surface area contributed by atoms with Crippen LogP contribution >= 0.6 is 0 Å². The van der Waals surface area contributed by atoms with E-state index in [1.54, 1.807) is 7.11 Å². The third-order valence-electron chi connectivity index (χ3n) is 2.28. The minimum Gasteiger partial charge on any atom is -0.365 e. The van der Waals surface area contributed by atoms with Crippen LogP contribution < -0.4 is 0 Å². The molecular formula is C14H13O. The van der Waals surface area contributed by atoms with Crippen molar-refractivity contribution in [3.63, 3.8) is 0 Å². The topological polar surface area (TPSA) is 9.23 Å². The Bertz CT molecular complexity index is 355. The molecule has 0 aliphatic rings. The Labute approximate surface area is 90.3 Å². The summed E-state index contributed by atoms with van der Waals surface area (Å²) in [5.74, 6) is 0. The second-order valence-corrected chi connectivity index (χ2v) is 3.27. The number of hydrogen-bond acceptors (Lipinski definition) is 1. The van der Waals surface area contributed by atoms with Gasteiger partial charge in [-0.2, -0.15) is 0 Å². The molecule has 2 aromatic rings. The van der Waals surface area contributed by atoms with Crippen molar-refractivity contribution in [2.75, 3.05) is 7.11 Å². The van der Waals surface area contributed by atoms with Gasteiger partial charge >= 0.3 is 0 Å². The van der Waals surface area contributed by atoms with E-state index in [2.05, 4.69) is 0 Å². The molecule has 0 saturated carbocycles. The Morgan fingerprint density at radius 1 is 0.733 bits per heavy atom. The standard InChI is InChI=1S/C14H13O/c1-15-14(12-8-4-2-5-9-12)13-10-6-3-7-11-13/h2-11H,1H3. The zero-order valence-electron chi connectivity index (χ0n) is 8.68. The Morgan fingerprint density at radius 3 is 1.47 bits per heavy atom. The van der Waals surface area contributed by atoms with Crippen molar-refractivity contribution in [1.82, 2.24) is 0 Å². The molecule has 0 N–H and O–H groups in total. The molecule has 15 heavy (non-hydrogen) atoms. The van der Waals surface area contributed by atoms with Gasteiger partial charge in [-0.25, -0.2) is 0 Å². The first-order valence-corrected chi connectivity index (χ1v) is 4.93. The maximum atomic E-state index is 5.44. The second kappa shape index (κ2) is 4.76. The fourth-order valence-electron chi connectivity index (χ4n) is 1.58. The van der Waals surface area contributed by atoms with Crippen molar-refractivity contribution in [2.24, 2.45) is 0 Å². The predicted molar refractivity (Wildman–Crippen MR) is 61.3 cm³/mol. The highest BCUT2D eigenvalue weighted by Gasteiger charge is 2.13. The molecular weight excluding hydrogens is 184 g/mol. The van der Waals surface area contributed by atoms with E-state index >= 15 is 0 Å². The van der Waals surface area contributed by atoms with Gasteiger partial charge in [0.25, 0.3) is 0 Å². The first-order chi connectivity index (χ1) is 7.42. The average molecular weight is 197 g/mol. The zero-order valence-corrected chi connectivity index (χ0v) is 8.68. The maximum Gasteiger partial charge on any atom is 0.155 e. The van der Waals surface area contributed by atoms with Crippen LogP contribution in [0.4, 0.5) is 0 Å². The number of hydrogen-bond donors (Lipinski definition) is 0. The lowest BCUT2D eigenvalue weighted by atomic mass is 10.0. The van der Waals surface area contributed by atoms with E-state index < -0.39 is 0 Å². The lowest BCUT2D eigenvalue weighted by Crippen LogP contribution is -2.03. The van der Waals surface area contributed by atoms with E-state index in [0.29, 0.717) is 0 Å².